The molecule has 2 rings (SSSR count). The van der Waals surface area contributed by atoms with Crippen LogP contribution in [0.4, 0.5) is 0 Å². The lowest BCUT2D eigenvalue weighted by Gasteiger charge is -2.38. The number of benzene rings is 1. The van der Waals surface area contributed by atoms with Crippen molar-refractivity contribution in [3.8, 4) is 0 Å². The van der Waals surface area contributed by atoms with Crippen LogP contribution in [0.5, 0.6) is 0 Å². The highest BCUT2D eigenvalue weighted by molar-refractivity contribution is 5.36. The summed E-state index contributed by atoms with van der Waals surface area (Å²) in [5, 5.41) is 0. The first kappa shape index (κ1) is 13.2. The molecule has 0 aliphatic heterocycles. The van der Waals surface area contributed by atoms with E-state index < -0.39 is 0 Å². The van der Waals surface area contributed by atoms with Crippen LogP contribution in [0.15, 0.2) is 24.3 Å². The third-order valence-electron chi connectivity index (χ3n) is 3.99. The largest absolute Gasteiger partial charge is 0.330 e. The summed E-state index contributed by atoms with van der Waals surface area (Å²) in [6.45, 7) is 3.11. The van der Waals surface area contributed by atoms with Gasteiger partial charge in [0.1, 0.15) is 0 Å². The molecular formula is C15H25N. The van der Waals surface area contributed by atoms with Gasteiger partial charge in [-0.2, -0.15) is 0 Å². The summed E-state index contributed by atoms with van der Waals surface area (Å²) in [6.07, 6.45) is 6.26. The van der Waals surface area contributed by atoms with Crippen LogP contribution in [0.2, 0.25) is 0 Å². The van der Waals surface area contributed by atoms with E-state index in [1.807, 2.05) is 0 Å². The molecule has 1 atom stereocenters. The van der Waals surface area contributed by atoms with Gasteiger partial charge in [0.05, 0.1) is 0 Å². The number of fused-ring (bicyclic) bond motifs is 1. The molecule has 0 radical (unpaired) electrons. The normalized spacial score (nSPS) is 23.4. The highest BCUT2D eigenvalue weighted by Gasteiger charge is 2.33. The number of nitrogens with two attached hydrogens (primary N) is 1. The van der Waals surface area contributed by atoms with E-state index in [1.165, 1.54) is 25.7 Å². The van der Waals surface area contributed by atoms with Crippen molar-refractivity contribution < 1.29 is 0 Å². The number of hydrogen-bond acceptors (Lipinski definition) is 1. The molecule has 1 aliphatic carbocycles. The fourth-order valence-electron chi connectivity index (χ4n) is 3.09. The molecule has 90 valence electrons. The van der Waals surface area contributed by atoms with E-state index in [9.17, 15) is 0 Å². The van der Waals surface area contributed by atoms with Gasteiger partial charge in [0.25, 0.3) is 0 Å². The van der Waals surface area contributed by atoms with E-state index in [0.717, 1.165) is 13.0 Å². The molecule has 0 heterocycles. The van der Waals surface area contributed by atoms with Crippen molar-refractivity contribution in [2.24, 2.45) is 5.73 Å². The average molecular weight is 219 g/mol. The Morgan fingerprint density at radius 2 is 2.06 bits per heavy atom. The summed E-state index contributed by atoms with van der Waals surface area (Å²) in [4.78, 5) is 0. The lowest BCUT2D eigenvalue weighted by Crippen LogP contribution is -2.32. The molecule has 0 fully saturated rings. The number of aryl methyl sites for hydroxylation is 1. The minimum Gasteiger partial charge on any atom is -0.330 e. The van der Waals surface area contributed by atoms with Gasteiger partial charge in [-0.05, 0) is 55.2 Å². The molecule has 0 amide bonds. The van der Waals surface area contributed by atoms with Gasteiger partial charge >= 0.3 is 0 Å². The Hall–Kier alpha value is -0.820. The predicted octanol–water partition coefficient (Wildman–Crippen LogP) is 3.66. The molecule has 1 unspecified atom stereocenters. The molecule has 2 N–H and O–H groups in total. The van der Waals surface area contributed by atoms with Crippen LogP contribution in [-0.4, -0.2) is 6.54 Å². The maximum Gasteiger partial charge on any atom is -0.00348 e. The standard InChI is InChI=1S/C14H21N.CH4/c1-2-14(10-11-15)9-5-7-12-6-3-4-8-13(12)14;/h3-4,6,8H,2,5,7,9-11,15H2,1H3;1H4. The van der Waals surface area contributed by atoms with Crippen LogP contribution in [0.25, 0.3) is 0 Å². The van der Waals surface area contributed by atoms with E-state index in [1.54, 1.807) is 11.1 Å². The van der Waals surface area contributed by atoms with Crippen molar-refractivity contribution in [1.29, 1.82) is 0 Å². The monoisotopic (exact) mass is 219 g/mol. The summed E-state index contributed by atoms with van der Waals surface area (Å²) in [7, 11) is 0. The lowest BCUT2D eigenvalue weighted by molar-refractivity contribution is 0.327. The van der Waals surface area contributed by atoms with E-state index in [4.69, 9.17) is 5.73 Å². The van der Waals surface area contributed by atoms with Crippen LogP contribution in [0, 0.1) is 0 Å². The van der Waals surface area contributed by atoms with Gasteiger partial charge in [-0.15, -0.1) is 0 Å². The molecule has 1 heteroatoms. The van der Waals surface area contributed by atoms with Gasteiger partial charge in [0, 0.05) is 0 Å². The molecule has 16 heavy (non-hydrogen) atoms. The van der Waals surface area contributed by atoms with Gasteiger partial charge in [-0.25, -0.2) is 0 Å². The molecule has 0 aromatic heterocycles. The molecule has 1 aliphatic rings. The van der Waals surface area contributed by atoms with Gasteiger partial charge in [0.15, 0.2) is 0 Å². The first-order valence-electron chi connectivity index (χ1n) is 6.11. The van der Waals surface area contributed by atoms with Crippen molar-refractivity contribution >= 4 is 0 Å². The summed E-state index contributed by atoms with van der Waals surface area (Å²) < 4.78 is 0. The van der Waals surface area contributed by atoms with Crippen LogP contribution in [0.1, 0.15) is 51.2 Å². The maximum atomic E-state index is 5.78. The fourth-order valence-corrected chi connectivity index (χ4v) is 3.09. The Balaban J connectivity index is 0.00000128. The predicted molar refractivity (Wildman–Crippen MR) is 71.8 cm³/mol. The highest BCUT2D eigenvalue weighted by Crippen LogP contribution is 2.42. The SMILES string of the molecule is C.CCC1(CCN)CCCc2ccccc21. The highest BCUT2D eigenvalue weighted by atomic mass is 14.5. The van der Waals surface area contributed by atoms with Gasteiger partial charge in [-0.3, -0.25) is 0 Å². The Kier molecular flexibility index (Phi) is 4.55. The van der Waals surface area contributed by atoms with Crippen molar-refractivity contribution in [2.45, 2.75) is 51.9 Å². The Morgan fingerprint density at radius 3 is 2.75 bits per heavy atom. The minimum atomic E-state index is 0. The zero-order chi connectivity index (χ0) is 10.7. The minimum absolute atomic E-state index is 0. The summed E-state index contributed by atoms with van der Waals surface area (Å²) in [6, 6.07) is 8.93. The van der Waals surface area contributed by atoms with Crippen molar-refractivity contribution in [3.63, 3.8) is 0 Å². The van der Waals surface area contributed by atoms with Gasteiger partial charge < -0.3 is 5.73 Å². The number of rotatable bonds is 3. The Bertz CT molecular complexity index is 332. The average Bonchev–Trinajstić information content (AvgIpc) is 2.30. The topological polar surface area (TPSA) is 26.0 Å². The van der Waals surface area contributed by atoms with Crippen molar-refractivity contribution in [1.82, 2.24) is 0 Å². The second kappa shape index (κ2) is 5.49. The summed E-state index contributed by atoms with van der Waals surface area (Å²) in [5.41, 5.74) is 9.28. The summed E-state index contributed by atoms with van der Waals surface area (Å²) in [5.74, 6) is 0. The molecule has 0 saturated heterocycles. The third kappa shape index (κ3) is 2.15. The van der Waals surface area contributed by atoms with Crippen molar-refractivity contribution in [2.75, 3.05) is 6.54 Å². The zero-order valence-electron chi connectivity index (χ0n) is 9.63. The first-order chi connectivity index (χ1) is 7.32. The molecule has 0 spiro atoms. The van der Waals surface area contributed by atoms with Crippen LogP contribution >= 0.6 is 0 Å². The quantitative estimate of drug-likeness (QED) is 0.825. The molecule has 0 saturated carbocycles. The third-order valence-corrected chi connectivity index (χ3v) is 3.99. The smallest absolute Gasteiger partial charge is 0.00348 e. The van der Waals surface area contributed by atoms with Gasteiger partial charge in [-0.1, -0.05) is 38.6 Å². The first-order valence-corrected chi connectivity index (χ1v) is 6.11. The molecule has 1 aromatic carbocycles. The molecule has 1 aromatic rings. The van der Waals surface area contributed by atoms with E-state index in [2.05, 4.69) is 31.2 Å². The molecule has 1 nitrogen and oxygen atoms in total. The second-order valence-electron chi connectivity index (χ2n) is 4.68. The zero-order valence-corrected chi connectivity index (χ0v) is 9.63. The molecule has 0 bridgehead atoms. The Labute approximate surface area is 100 Å². The fraction of sp³-hybridized carbons (Fsp3) is 0.600. The second-order valence-corrected chi connectivity index (χ2v) is 4.68. The lowest BCUT2D eigenvalue weighted by atomic mass is 9.66. The van der Waals surface area contributed by atoms with Crippen molar-refractivity contribution in [3.05, 3.63) is 35.4 Å². The van der Waals surface area contributed by atoms with E-state index in [-0.39, 0.29) is 7.43 Å². The maximum absolute atomic E-state index is 5.78. The molecular weight excluding hydrogens is 194 g/mol. The summed E-state index contributed by atoms with van der Waals surface area (Å²) >= 11 is 0. The van der Waals surface area contributed by atoms with Gasteiger partial charge in [0.2, 0.25) is 0 Å². The number of hydrogen-bond donors (Lipinski definition) is 1. The van der Waals surface area contributed by atoms with E-state index >= 15 is 0 Å². The Morgan fingerprint density at radius 1 is 1.31 bits per heavy atom. The van der Waals surface area contributed by atoms with Crippen LogP contribution < -0.4 is 5.73 Å². The van der Waals surface area contributed by atoms with Crippen LogP contribution in [-0.2, 0) is 11.8 Å². The van der Waals surface area contributed by atoms with E-state index in [0.29, 0.717) is 5.41 Å². The van der Waals surface area contributed by atoms with Crippen LogP contribution in [0.3, 0.4) is 0 Å².